The minimum Gasteiger partial charge on any atom is -0.481 e. The van der Waals surface area contributed by atoms with Gasteiger partial charge in [-0.05, 0) is 0 Å². The van der Waals surface area contributed by atoms with E-state index in [1.165, 1.54) is 64.2 Å². The molecule has 0 amide bonds. The number of aliphatic carboxylic acids is 1. The Morgan fingerprint density at radius 2 is 1.00 bits per heavy atom. The number of nitrogens with one attached hydrogen (secondary N) is 1. The molecule has 130 valence electrons. The highest BCUT2D eigenvalue weighted by molar-refractivity contribution is 6.92. The zero-order chi connectivity index (χ0) is 16.2. The van der Waals surface area contributed by atoms with E-state index in [4.69, 9.17) is 15.3 Å². The van der Waals surface area contributed by atoms with Gasteiger partial charge in [0.15, 0.2) is 5.96 Å². The minimum atomic E-state index is -0.833. The summed E-state index contributed by atoms with van der Waals surface area (Å²) in [7, 11) is 0. The Kier molecular flexibility index (Phi) is 37.1. The lowest BCUT2D eigenvalue weighted by Gasteiger charge is -1.99. The molecule has 6 N–H and O–H groups in total. The van der Waals surface area contributed by atoms with Crippen molar-refractivity contribution in [1.82, 2.24) is 0 Å². The number of carboxylic acids is 1. The van der Waals surface area contributed by atoms with Crippen molar-refractivity contribution in [3.63, 3.8) is 0 Å². The fraction of sp³-hybridized carbons (Fsp3) is 0.867. The molecule has 21 heavy (non-hydrogen) atoms. The molecule has 0 aliphatic heterocycles. The summed E-state index contributed by atoms with van der Waals surface area (Å²) < 4.78 is 0. The third kappa shape index (κ3) is 84.7. The minimum absolute atomic E-state index is 0. The fourth-order valence-electron chi connectivity index (χ4n) is 1.56. The van der Waals surface area contributed by atoms with Gasteiger partial charge in [-0.15, -0.1) is 0 Å². The number of hydrogen-bond donors (Lipinski definition) is 4. The maximum atomic E-state index is 9.00. The van der Waals surface area contributed by atoms with Crippen molar-refractivity contribution in [2.75, 3.05) is 0 Å². The molecule has 0 spiro atoms. The van der Waals surface area contributed by atoms with Crippen LogP contribution in [0.25, 0.3) is 0 Å². The molecule has 6 heteroatoms. The van der Waals surface area contributed by atoms with E-state index >= 15 is 0 Å². The number of carbonyl (C=O) groups is 1. The molecular formula is C15H38N3O2P. The first-order valence-corrected chi connectivity index (χ1v) is 7.67. The highest BCUT2D eigenvalue weighted by atomic mass is 31.0. The maximum Gasteiger partial charge on any atom is 0.300 e. The van der Waals surface area contributed by atoms with E-state index in [0.717, 1.165) is 6.92 Å². The third-order valence-electron chi connectivity index (χ3n) is 2.46. The number of hydrogen-bond acceptors (Lipinski definition) is 2. The van der Waals surface area contributed by atoms with Gasteiger partial charge in [-0.1, -0.05) is 78.1 Å². The van der Waals surface area contributed by atoms with Gasteiger partial charge in [0, 0.05) is 6.92 Å². The van der Waals surface area contributed by atoms with Gasteiger partial charge in [0.05, 0.1) is 0 Å². The molecule has 0 aliphatic carbocycles. The molecule has 0 bridgehead atoms. The molecule has 0 saturated heterocycles. The second-order valence-corrected chi connectivity index (χ2v) is 4.80. The monoisotopic (exact) mass is 323 g/mol. The lowest BCUT2D eigenvalue weighted by Crippen LogP contribution is -2.20. The standard InChI is InChI=1S/C12H26.C2H4O2.CH5N3.H3P/c1-3-5-7-9-11-12-10-8-6-4-2;1-2(3)4;2-1(3)4;/h3-12H2,1-2H3;1H3,(H,3,4);(H5,2,3,4);1H3. The predicted molar refractivity (Wildman–Crippen MR) is 98.0 cm³/mol. The molecule has 0 aromatic heterocycles. The van der Waals surface area contributed by atoms with Crippen LogP contribution in [-0.4, -0.2) is 17.0 Å². The van der Waals surface area contributed by atoms with Crippen molar-refractivity contribution in [3.8, 4) is 0 Å². The van der Waals surface area contributed by atoms with Gasteiger partial charge in [0.1, 0.15) is 0 Å². The van der Waals surface area contributed by atoms with E-state index in [9.17, 15) is 0 Å². The van der Waals surface area contributed by atoms with Crippen molar-refractivity contribution in [2.24, 2.45) is 11.5 Å². The van der Waals surface area contributed by atoms with E-state index in [1.807, 2.05) is 0 Å². The second kappa shape index (κ2) is 27.5. The van der Waals surface area contributed by atoms with Crippen molar-refractivity contribution in [3.05, 3.63) is 0 Å². The number of nitrogens with two attached hydrogens (primary N) is 2. The van der Waals surface area contributed by atoms with Crippen molar-refractivity contribution >= 4 is 21.8 Å². The molecule has 0 aromatic carbocycles. The zero-order valence-corrected chi connectivity index (χ0v) is 15.7. The molecule has 0 rings (SSSR count). The number of rotatable bonds is 9. The maximum absolute atomic E-state index is 9.00. The molecular weight excluding hydrogens is 285 g/mol. The molecule has 5 nitrogen and oxygen atoms in total. The Morgan fingerprint density at radius 3 is 1.14 bits per heavy atom. The van der Waals surface area contributed by atoms with Gasteiger partial charge in [-0.2, -0.15) is 9.90 Å². The highest BCUT2D eigenvalue weighted by Crippen LogP contribution is 2.09. The van der Waals surface area contributed by atoms with Gasteiger partial charge >= 0.3 is 0 Å². The highest BCUT2D eigenvalue weighted by Gasteiger charge is 1.90. The molecule has 0 radical (unpaired) electrons. The lowest BCUT2D eigenvalue weighted by atomic mass is 10.1. The van der Waals surface area contributed by atoms with Crippen molar-refractivity contribution in [2.45, 2.75) is 85.0 Å². The van der Waals surface area contributed by atoms with Crippen LogP contribution in [0.3, 0.4) is 0 Å². The van der Waals surface area contributed by atoms with Gasteiger partial charge in [0.2, 0.25) is 0 Å². The molecule has 0 fully saturated rings. The Bertz CT molecular complexity index is 185. The summed E-state index contributed by atoms with van der Waals surface area (Å²) in [6, 6.07) is 0. The van der Waals surface area contributed by atoms with Crippen LogP contribution in [0, 0.1) is 5.41 Å². The SMILES string of the molecule is CC(=O)O.CCCCCCCCCCCC.N=C(N)N.P. The van der Waals surface area contributed by atoms with E-state index in [1.54, 1.807) is 0 Å². The fourth-order valence-corrected chi connectivity index (χ4v) is 1.56. The van der Waals surface area contributed by atoms with E-state index in [2.05, 4.69) is 25.3 Å². The van der Waals surface area contributed by atoms with E-state index in [0.29, 0.717) is 0 Å². The van der Waals surface area contributed by atoms with Crippen molar-refractivity contribution < 1.29 is 9.90 Å². The summed E-state index contributed by atoms with van der Waals surface area (Å²) >= 11 is 0. The van der Waals surface area contributed by atoms with Crippen LogP contribution in [0.15, 0.2) is 0 Å². The zero-order valence-electron chi connectivity index (χ0n) is 14.3. The molecule has 0 heterocycles. The van der Waals surface area contributed by atoms with E-state index < -0.39 is 5.97 Å². The Labute approximate surface area is 134 Å². The molecule has 1 unspecified atom stereocenters. The van der Waals surface area contributed by atoms with Gasteiger partial charge < -0.3 is 16.6 Å². The van der Waals surface area contributed by atoms with Crippen LogP contribution in [0.1, 0.15) is 85.0 Å². The molecule has 0 aromatic rings. The van der Waals surface area contributed by atoms with Gasteiger partial charge in [-0.3, -0.25) is 10.2 Å². The van der Waals surface area contributed by atoms with Gasteiger partial charge in [-0.25, -0.2) is 0 Å². The lowest BCUT2D eigenvalue weighted by molar-refractivity contribution is -0.134. The van der Waals surface area contributed by atoms with Crippen LogP contribution < -0.4 is 11.5 Å². The van der Waals surface area contributed by atoms with Crippen LogP contribution >= 0.6 is 9.90 Å². The second-order valence-electron chi connectivity index (χ2n) is 4.80. The molecule has 0 saturated carbocycles. The van der Waals surface area contributed by atoms with Crippen LogP contribution in [0.2, 0.25) is 0 Å². The molecule has 0 aliphatic rings. The summed E-state index contributed by atoms with van der Waals surface area (Å²) in [5.41, 5.74) is 8.94. The average Bonchev–Trinajstić information content (AvgIpc) is 2.31. The first kappa shape index (κ1) is 28.3. The Morgan fingerprint density at radius 1 is 0.857 bits per heavy atom. The van der Waals surface area contributed by atoms with Gasteiger partial charge in [0.25, 0.3) is 5.97 Å². The third-order valence-corrected chi connectivity index (χ3v) is 2.46. The summed E-state index contributed by atoms with van der Waals surface area (Å²) in [6.07, 6.45) is 14.4. The summed E-state index contributed by atoms with van der Waals surface area (Å²) in [5, 5.41) is 13.5. The van der Waals surface area contributed by atoms with E-state index in [-0.39, 0.29) is 15.9 Å². The first-order chi connectivity index (χ1) is 9.38. The smallest absolute Gasteiger partial charge is 0.300 e. The van der Waals surface area contributed by atoms with Crippen LogP contribution in [0.5, 0.6) is 0 Å². The van der Waals surface area contributed by atoms with Crippen LogP contribution in [-0.2, 0) is 4.79 Å². The molecule has 1 atom stereocenters. The van der Waals surface area contributed by atoms with Crippen molar-refractivity contribution in [1.29, 1.82) is 5.41 Å². The summed E-state index contributed by atoms with van der Waals surface area (Å²) in [6.45, 7) is 5.64. The largest absolute Gasteiger partial charge is 0.481 e. The summed E-state index contributed by atoms with van der Waals surface area (Å²) in [5.74, 6) is -1.17. The topological polar surface area (TPSA) is 113 Å². The Hall–Kier alpha value is -0.830. The number of unbranched alkanes of at least 4 members (excludes halogenated alkanes) is 9. The normalized spacial score (nSPS) is 8.33. The predicted octanol–water partition coefficient (Wildman–Crippen LogP) is 3.91. The number of guanidine groups is 1. The quantitative estimate of drug-likeness (QED) is 0.223. The average molecular weight is 323 g/mol. The Balaban J connectivity index is -0.000000134. The van der Waals surface area contributed by atoms with Crippen LogP contribution in [0.4, 0.5) is 0 Å². The summed E-state index contributed by atoms with van der Waals surface area (Å²) in [4.78, 5) is 9.00. The number of carboxylic acid groups (broad SMARTS) is 1. The first-order valence-electron chi connectivity index (χ1n) is 7.67.